The van der Waals surface area contributed by atoms with Crippen LogP contribution in [-0.2, 0) is 4.74 Å². The Morgan fingerprint density at radius 2 is 2.04 bits per heavy atom. The molecule has 8 nitrogen and oxygen atoms in total. The van der Waals surface area contributed by atoms with Crippen molar-refractivity contribution in [2.45, 2.75) is 0 Å². The Morgan fingerprint density at radius 1 is 1.42 bits per heavy atom. The van der Waals surface area contributed by atoms with E-state index in [9.17, 15) is 28.1 Å². The van der Waals surface area contributed by atoms with Gasteiger partial charge in [-0.05, 0) is 0 Å². The lowest BCUT2D eigenvalue weighted by Crippen LogP contribution is -2.14. The van der Waals surface area contributed by atoms with Crippen LogP contribution in [0.5, 0.6) is 0 Å². The molecule has 0 aliphatic carbocycles. The molecule has 0 unspecified atom stereocenters. The summed E-state index contributed by atoms with van der Waals surface area (Å²) in [6.07, 6.45) is 0.782. The average Bonchev–Trinajstić information content (AvgIpc) is 2.87. The topological polar surface area (TPSA) is 124 Å². The predicted octanol–water partition coefficient (Wildman–Crippen LogP) is 2.04. The van der Waals surface area contributed by atoms with Gasteiger partial charge in [0.2, 0.25) is 0 Å². The Kier molecular flexibility index (Phi) is 4.15. The number of anilines is 1. The Morgan fingerprint density at radius 3 is 2.54 bits per heavy atom. The molecule has 0 saturated carbocycles. The molecule has 124 valence electrons. The molecule has 24 heavy (non-hydrogen) atoms. The van der Waals surface area contributed by atoms with E-state index in [-0.39, 0.29) is 11.6 Å². The summed E-state index contributed by atoms with van der Waals surface area (Å²) in [5, 5.41) is 20.0. The van der Waals surface area contributed by atoms with Crippen LogP contribution >= 0.6 is 0 Å². The van der Waals surface area contributed by atoms with Crippen molar-refractivity contribution < 1.29 is 27.6 Å². The molecule has 0 atom stereocenters. The number of carbonyl (C=O) groups excluding carboxylic acids is 1. The monoisotopic (exact) mass is 340 g/mol. The zero-order valence-corrected chi connectivity index (χ0v) is 11.8. The van der Waals surface area contributed by atoms with E-state index in [1.54, 1.807) is 6.07 Å². The van der Waals surface area contributed by atoms with Gasteiger partial charge in [-0.1, -0.05) is 0 Å². The maximum atomic E-state index is 14.1. The smallest absolute Gasteiger partial charge is 0.357 e. The molecule has 0 spiro atoms. The molecule has 1 aromatic heterocycles. The Labute approximate surface area is 131 Å². The number of esters is 1. The summed E-state index contributed by atoms with van der Waals surface area (Å²) in [5.41, 5.74) is 1.88. The van der Waals surface area contributed by atoms with E-state index < -0.39 is 51.1 Å². The Balaban J connectivity index is 2.97. The number of halogens is 3. The summed E-state index contributed by atoms with van der Waals surface area (Å²) in [7, 11) is 0.946. The third-order valence-electron chi connectivity index (χ3n) is 3.10. The third-order valence-corrected chi connectivity index (χ3v) is 3.10. The standard InChI is InChI=1S/C13H7F3N4O4/c1-24-13(21)12-10(18)5(3-17)4-19(12)11-7(20(22)23)2-6(14)8(15)9(11)16/h2,4H,18H2,1H3. The fourth-order valence-corrected chi connectivity index (χ4v) is 2.03. The van der Waals surface area contributed by atoms with Crippen LogP contribution in [0.25, 0.3) is 5.69 Å². The summed E-state index contributed by atoms with van der Waals surface area (Å²) in [4.78, 5) is 21.7. The van der Waals surface area contributed by atoms with E-state index in [4.69, 9.17) is 11.0 Å². The summed E-state index contributed by atoms with van der Waals surface area (Å²) in [5.74, 6) is -6.86. The zero-order chi connectivity index (χ0) is 18.2. The minimum atomic E-state index is -1.99. The van der Waals surface area contributed by atoms with Gasteiger partial charge in [0.15, 0.2) is 28.8 Å². The van der Waals surface area contributed by atoms with Crippen LogP contribution in [0, 0.1) is 38.9 Å². The van der Waals surface area contributed by atoms with Gasteiger partial charge < -0.3 is 10.5 Å². The van der Waals surface area contributed by atoms with E-state index in [1.807, 2.05) is 0 Å². The second kappa shape index (κ2) is 5.92. The van der Waals surface area contributed by atoms with Crippen LogP contribution < -0.4 is 5.73 Å². The van der Waals surface area contributed by atoms with Crippen molar-refractivity contribution in [1.82, 2.24) is 4.57 Å². The maximum Gasteiger partial charge on any atom is 0.357 e. The van der Waals surface area contributed by atoms with Gasteiger partial charge in [0.1, 0.15) is 6.07 Å². The highest BCUT2D eigenvalue weighted by molar-refractivity contribution is 5.96. The van der Waals surface area contributed by atoms with Crippen molar-refractivity contribution in [2.75, 3.05) is 12.8 Å². The lowest BCUT2D eigenvalue weighted by Gasteiger charge is -2.10. The van der Waals surface area contributed by atoms with Gasteiger partial charge in [-0.15, -0.1) is 0 Å². The first kappa shape index (κ1) is 16.8. The first-order chi connectivity index (χ1) is 11.2. The number of nitro groups is 1. The highest BCUT2D eigenvalue weighted by atomic mass is 19.2. The van der Waals surface area contributed by atoms with Gasteiger partial charge in [-0.25, -0.2) is 18.0 Å². The molecule has 2 aromatic rings. The number of nitrogens with zero attached hydrogens (tertiary/aromatic N) is 3. The van der Waals surface area contributed by atoms with E-state index >= 15 is 0 Å². The molecule has 0 amide bonds. The van der Waals surface area contributed by atoms with Crippen LogP contribution in [0.2, 0.25) is 0 Å². The number of methoxy groups -OCH3 is 1. The number of nitro benzene ring substituents is 1. The fourth-order valence-electron chi connectivity index (χ4n) is 2.03. The van der Waals surface area contributed by atoms with Crippen LogP contribution in [0.3, 0.4) is 0 Å². The summed E-state index contributed by atoms with van der Waals surface area (Å²) in [6.45, 7) is 0. The number of aromatic nitrogens is 1. The van der Waals surface area contributed by atoms with Crippen LogP contribution in [0.15, 0.2) is 12.3 Å². The second-order valence-corrected chi connectivity index (χ2v) is 4.39. The molecule has 2 N–H and O–H groups in total. The Hall–Kier alpha value is -3.55. The number of nitrogens with two attached hydrogens (primary N) is 1. The summed E-state index contributed by atoms with van der Waals surface area (Å²) >= 11 is 0. The van der Waals surface area contributed by atoms with Crippen molar-refractivity contribution in [3.05, 3.63) is 51.1 Å². The molecule has 11 heteroatoms. The minimum absolute atomic E-state index is 0.150. The zero-order valence-electron chi connectivity index (χ0n) is 11.8. The predicted molar refractivity (Wildman–Crippen MR) is 72.8 cm³/mol. The molecule has 0 bridgehead atoms. The normalized spacial score (nSPS) is 10.3. The molecule has 0 fully saturated rings. The number of rotatable bonds is 3. The van der Waals surface area contributed by atoms with E-state index in [1.165, 1.54) is 0 Å². The molecule has 1 aromatic carbocycles. The number of benzene rings is 1. The van der Waals surface area contributed by atoms with Gasteiger partial charge in [0, 0.05) is 6.20 Å². The minimum Gasteiger partial charge on any atom is -0.464 e. The van der Waals surface area contributed by atoms with Crippen molar-refractivity contribution in [3.63, 3.8) is 0 Å². The summed E-state index contributed by atoms with van der Waals surface area (Å²) in [6, 6.07) is 1.74. The third kappa shape index (κ3) is 2.39. The molecule has 0 saturated heterocycles. The van der Waals surface area contributed by atoms with Crippen LogP contribution in [0.1, 0.15) is 16.1 Å². The van der Waals surface area contributed by atoms with Gasteiger partial charge in [0.25, 0.3) is 5.69 Å². The van der Waals surface area contributed by atoms with E-state index in [0.29, 0.717) is 4.57 Å². The van der Waals surface area contributed by atoms with Gasteiger partial charge >= 0.3 is 5.97 Å². The average molecular weight is 340 g/mol. The molecule has 0 radical (unpaired) electrons. The maximum absolute atomic E-state index is 14.1. The van der Waals surface area contributed by atoms with Crippen molar-refractivity contribution >= 4 is 17.3 Å². The van der Waals surface area contributed by atoms with Crippen LogP contribution in [0.4, 0.5) is 24.5 Å². The number of nitrogen functional groups attached to an aromatic ring is 1. The molecular weight excluding hydrogens is 333 g/mol. The molecule has 2 rings (SSSR count). The first-order valence-electron chi connectivity index (χ1n) is 6.06. The second-order valence-electron chi connectivity index (χ2n) is 4.39. The molecule has 1 heterocycles. The van der Waals surface area contributed by atoms with Crippen molar-refractivity contribution in [3.8, 4) is 11.8 Å². The van der Waals surface area contributed by atoms with E-state index in [0.717, 1.165) is 13.3 Å². The number of hydrogen-bond donors (Lipinski definition) is 1. The van der Waals surface area contributed by atoms with Crippen LogP contribution in [-0.4, -0.2) is 22.6 Å². The number of nitriles is 1. The van der Waals surface area contributed by atoms with E-state index in [2.05, 4.69) is 4.74 Å². The molecular formula is C13H7F3N4O4. The first-order valence-corrected chi connectivity index (χ1v) is 6.06. The lowest BCUT2D eigenvalue weighted by molar-refractivity contribution is -0.385. The van der Waals surface area contributed by atoms with Crippen molar-refractivity contribution in [1.29, 1.82) is 5.26 Å². The number of hydrogen-bond acceptors (Lipinski definition) is 6. The fraction of sp³-hybridized carbons (Fsp3) is 0.0769. The molecule has 0 aliphatic heterocycles. The highest BCUT2D eigenvalue weighted by Crippen LogP contribution is 2.34. The van der Waals surface area contributed by atoms with Gasteiger partial charge in [-0.3, -0.25) is 14.7 Å². The highest BCUT2D eigenvalue weighted by Gasteiger charge is 2.32. The quantitative estimate of drug-likeness (QED) is 0.394. The van der Waals surface area contributed by atoms with Gasteiger partial charge in [0.05, 0.1) is 29.4 Å². The number of ether oxygens (including phenoxy) is 1. The van der Waals surface area contributed by atoms with Gasteiger partial charge in [-0.2, -0.15) is 5.26 Å². The van der Waals surface area contributed by atoms with Crippen molar-refractivity contribution in [2.24, 2.45) is 0 Å². The lowest BCUT2D eigenvalue weighted by atomic mass is 10.2. The largest absolute Gasteiger partial charge is 0.464 e. The Bertz CT molecular complexity index is 917. The number of carbonyl (C=O) groups is 1. The summed E-state index contributed by atoms with van der Waals surface area (Å²) < 4.78 is 45.8. The molecule has 0 aliphatic rings. The SMILES string of the molecule is COC(=O)c1c(N)c(C#N)cn1-c1c([N+](=O)[O-])cc(F)c(F)c1F.